The Morgan fingerprint density at radius 1 is 1.44 bits per heavy atom. The molecule has 1 aliphatic heterocycles. The van der Waals surface area contributed by atoms with Gasteiger partial charge in [0.25, 0.3) is 0 Å². The third-order valence-corrected chi connectivity index (χ3v) is 3.59. The van der Waals surface area contributed by atoms with Crippen molar-refractivity contribution in [2.24, 2.45) is 0 Å². The second-order valence-electron chi connectivity index (χ2n) is 4.80. The summed E-state index contributed by atoms with van der Waals surface area (Å²) in [5, 5.41) is 3.88. The molecule has 0 amide bonds. The number of benzene rings is 1. The molecule has 2 aromatic rings. The number of fused-ring (bicyclic) bond motifs is 1. The molecule has 0 saturated carbocycles. The van der Waals surface area contributed by atoms with Crippen LogP contribution in [0.3, 0.4) is 0 Å². The lowest BCUT2D eigenvalue weighted by atomic mass is 10.00. The van der Waals surface area contributed by atoms with Gasteiger partial charge in [0.05, 0.1) is 11.6 Å². The smallest absolute Gasteiger partial charge is 0.182 e. The van der Waals surface area contributed by atoms with Crippen molar-refractivity contribution in [1.29, 1.82) is 0 Å². The minimum atomic E-state index is -0.311. The van der Waals surface area contributed by atoms with E-state index in [1.54, 1.807) is 12.1 Å². The largest absolute Gasteiger partial charge is 0.356 e. The minimum absolute atomic E-state index is 0.0712. The molecule has 18 heavy (non-hydrogen) atoms. The van der Waals surface area contributed by atoms with Crippen LogP contribution in [-0.4, -0.2) is 23.4 Å². The average Bonchev–Trinajstić information content (AvgIpc) is 2.96. The summed E-state index contributed by atoms with van der Waals surface area (Å²) in [6.45, 7) is 2.70. The van der Waals surface area contributed by atoms with Crippen LogP contribution in [-0.2, 0) is 0 Å². The van der Waals surface area contributed by atoms with Gasteiger partial charge in [-0.25, -0.2) is 4.39 Å². The van der Waals surface area contributed by atoms with E-state index in [0.29, 0.717) is 16.5 Å². The normalized spacial score (nSPS) is 19.6. The highest BCUT2D eigenvalue weighted by Crippen LogP contribution is 2.26. The number of aryl methyl sites for hydroxylation is 1. The lowest BCUT2D eigenvalue weighted by Crippen LogP contribution is -2.31. The van der Waals surface area contributed by atoms with Gasteiger partial charge in [-0.1, -0.05) is 12.1 Å². The Morgan fingerprint density at radius 3 is 3.00 bits per heavy atom. The second-order valence-corrected chi connectivity index (χ2v) is 4.80. The number of aromatic nitrogens is 1. The number of carbonyl (C=O) groups excluding carboxylic acids is 1. The van der Waals surface area contributed by atoms with Crippen molar-refractivity contribution in [1.82, 2.24) is 10.3 Å². The highest BCUT2D eigenvalue weighted by Gasteiger charge is 2.27. The predicted molar refractivity (Wildman–Crippen MR) is 68.3 cm³/mol. The molecule has 0 spiro atoms. The highest BCUT2D eigenvalue weighted by atomic mass is 19.1. The van der Waals surface area contributed by atoms with E-state index >= 15 is 0 Å². The fourth-order valence-electron chi connectivity index (χ4n) is 2.71. The summed E-state index contributed by atoms with van der Waals surface area (Å²) in [5.74, 6) is -0.240. The molecule has 1 aliphatic rings. The number of ketones is 1. The molecule has 2 heterocycles. The molecule has 1 atom stereocenters. The van der Waals surface area contributed by atoms with Gasteiger partial charge in [0.15, 0.2) is 5.78 Å². The number of aromatic amines is 1. The number of hydrogen-bond acceptors (Lipinski definition) is 2. The first-order chi connectivity index (χ1) is 8.68. The lowest BCUT2D eigenvalue weighted by molar-refractivity contribution is 0.0953. The van der Waals surface area contributed by atoms with Crippen LogP contribution < -0.4 is 5.32 Å². The number of halogens is 1. The SMILES string of the molecule is Cc1[nH]c2c(F)cccc2c1C(=O)C1CCCN1. The molecular weight excluding hydrogens is 231 g/mol. The van der Waals surface area contributed by atoms with Gasteiger partial charge in [-0.3, -0.25) is 4.79 Å². The Morgan fingerprint density at radius 2 is 2.28 bits per heavy atom. The van der Waals surface area contributed by atoms with Crippen LogP contribution in [0.4, 0.5) is 4.39 Å². The van der Waals surface area contributed by atoms with Gasteiger partial charge < -0.3 is 10.3 Å². The number of Topliss-reactive ketones (excluding diaryl/α,β-unsaturated/α-hetero) is 1. The fourth-order valence-corrected chi connectivity index (χ4v) is 2.71. The van der Waals surface area contributed by atoms with E-state index in [1.807, 2.05) is 6.92 Å². The maximum Gasteiger partial charge on any atom is 0.182 e. The number of rotatable bonds is 2. The quantitative estimate of drug-likeness (QED) is 0.800. The van der Waals surface area contributed by atoms with E-state index in [-0.39, 0.29) is 17.6 Å². The van der Waals surface area contributed by atoms with Crippen LogP contribution >= 0.6 is 0 Å². The monoisotopic (exact) mass is 246 g/mol. The summed E-state index contributed by atoms with van der Waals surface area (Å²) in [6, 6.07) is 4.72. The number of hydrogen-bond donors (Lipinski definition) is 2. The van der Waals surface area contributed by atoms with Gasteiger partial charge >= 0.3 is 0 Å². The molecular formula is C14H15FN2O. The minimum Gasteiger partial charge on any atom is -0.356 e. The van der Waals surface area contributed by atoms with E-state index in [2.05, 4.69) is 10.3 Å². The van der Waals surface area contributed by atoms with Gasteiger partial charge in [0.1, 0.15) is 5.82 Å². The molecule has 1 saturated heterocycles. The molecule has 2 N–H and O–H groups in total. The van der Waals surface area contributed by atoms with E-state index in [4.69, 9.17) is 0 Å². The maximum atomic E-state index is 13.7. The first kappa shape index (κ1) is 11.4. The van der Waals surface area contributed by atoms with Crippen molar-refractivity contribution >= 4 is 16.7 Å². The number of H-pyrrole nitrogens is 1. The average molecular weight is 246 g/mol. The molecule has 0 radical (unpaired) electrons. The standard InChI is InChI=1S/C14H15FN2O/c1-8-12(14(18)11-6-3-7-16-11)9-4-2-5-10(15)13(9)17-8/h2,4-5,11,16-17H,3,6-7H2,1H3. The molecule has 1 aromatic carbocycles. The van der Waals surface area contributed by atoms with Crippen molar-refractivity contribution < 1.29 is 9.18 Å². The number of nitrogens with one attached hydrogen (secondary N) is 2. The van der Waals surface area contributed by atoms with Crippen LogP contribution in [0.2, 0.25) is 0 Å². The predicted octanol–water partition coefficient (Wildman–Crippen LogP) is 2.55. The topological polar surface area (TPSA) is 44.9 Å². The van der Waals surface area contributed by atoms with Crippen molar-refractivity contribution in [3.05, 3.63) is 35.3 Å². The molecule has 3 rings (SSSR count). The van der Waals surface area contributed by atoms with E-state index in [0.717, 1.165) is 25.1 Å². The highest BCUT2D eigenvalue weighted by molar-refractivity contribution is 6.11. The Bertz CT molecular complexity index is 612. The summed E-state index contributed by atoms with van der Waals surface area (Å²) in [5.41, 5.74) is 1.80. The zero-order chi connectivity index (χ0) is 12.7. The van der Waals surface area contributed by atoms with Gasteiger partial charge in [0.2, 0.25) is 0 Å². The number of para-hydroxylation sites is 1. The molecule has 1 unspecified atom stereocenters. The van der Waals surface area contributed by atoms with Crippen LogP contribution in [0.15, 0.2) is 18.2 Å². The van der Waals surface area contributed by atoms with Crippen molar-refractivity contribution in [2.45, 2.75) is 25.8 Å². The van der Waals surface area contributed by atoms with Crippen LogP contribution in [0.5, 0.6) is 0 Å². The number of carbonyl (C=O) groups is 1. The van der Waals surface area contributed by atoms with Gasteiger partial charge in [-0.2, -0.15) is 0 Å². The first-order valence-electron chi connectivity index (χ1n) is 6.23. The molecule has 0 bridgehead atoms. The first-order valence-corrected chi connectivity index (χ1v) is 6.23. The molecule has 4 heteroatoms. The molecule has 94 valence electrons. The summed E-state index contributed by atoms with van der Waals surface area (Å²) < 4.78 is 13.7. The summed E-state index contributed by atoms with van der Waals surface area (Å²) in [7, 11) is 0. The zero-order valence-corrected chi connectivity index (χ0v) is 10.2. The van der Waals surface area contributed by atoms with E-state index < -0.39 is 0 Å². The molecule has 3 nitrogen and oxygen atoms in total. The Kier molecular flexibility index (Phi) is 2.67. The molecule has 1 fully saturated rings. The van der Waals surface area contributed by atoms with Gasteiger partial charge in [-0.05, 0) is 32.4 Å². The second kappa shape index (κ2) is 4.21. The van der Waals surface area contributed by atoms with E-state index in [9.17, 15) is 9.18 Å². The Labute approximate surface area is 104 Å². The summed E-state index contributed by atoms with van der Waals surface area (Å²) in [4.78, 5) is 15.4. The van der Waals surface area contributed by atoms with Crippen LogP contribution in [0.1, 0.15) is 28.9 Å². The van der Waals surface area contributed by atoms with Crippen molar-refractivity contribution in [3.63, 3.8) is 0 Å². The summed E-state index contributed by atoms with van der Waals surface area (Å²) in [6.07, 6.45) is 1.88. The summed E-state index contributed by atoms with van der Waals surface area (Å²) >= 11 is 0. The third kappa shape index (κ3) is 1.64. The third-order valence-electron chi connectivity index (χ3n) is 3.59. The Balaban J connectivity index is 2.13. The van der Waals surface area contributed by atoms with Gasteiger partial charge in [-0.15, -0.1) is 0 Å². The van der Waals surface area contributed by atoms with E-state index in [1.165, 1.54) is 6.07 Å². The fraction of sp³-hybridized carbons (Fsp3) is 0.357. The lowest BCUT2D eigenvalue weighted by Gasteiger charge is -2.08. The Hall–Kier alpha value is -1.68. The van der Waals surface area contributed by atoms with Crippen LogP contribution in [0, 0.1) is 12.7 Å². The van der Waals surface area contributed by atoms with Crippen molar-refractivity contribution in [3.8, 4) is 0 Å². The molecule has 0 aliphatic carbocycles. The van der Waals surface area contributed by atoms with Crippen LogP contribution in [0.25, 0.3) is 10.9 Å². The van der Waals surface area contributed by atoms with Gasteiger partial charge in [0, 0.05) is 16.6 Å². The maximum absolute atomic E-state index is 13.7. The molecule has 1 aromatic heterocycles. The van der Waals surface area contributed by atoms with Crippen molar-refractivity contribution in [2.75, 3.05) is 6.54 Å². The zero-order valence-electron chi connectivity index (χ0n) is 10.2.